The van der Waals surface area contributed by atoms with Gasteiger partial charge < -0.3 is 9.52 Å². The van der Waals surface area contributed by atoms with E-state index in [4.69, 9.17) is 9.52 Å². The summed E-state index contributed by atoms with van der Waals surface area (Å²) in [6.45, 7) is 0. The lowest BCUT2D eigenvalue weighted by molar-refractivity contribution is 0.453. The van der Waals surface area contributed by atoms with Crippen molar-refractivity contribution in [3.05, 3.63) is 54.0 Å². The molecular weight excluding hydrogens is 164 g/mol. The first-order valence-electron chi connectivity index (χ1n) is 4.15. The monoisotopic (exact) mass is 174 g/mol. The minimum atomic E-state index is 0.186. The van der Waals surface area contributed by atoms with E-state index in [1.54, 1.807) is 6.07 Å². The molecule has 0 saturated heterocycles. The number of aromatic hydroxyl groups is 1. The standard InChI is InChI=1S/C11H10O2/c12-10-7-11(13-8-10)6-9-4-2-1-3-5-9/h1-5,7-8,12H,6H2. The third kappa shape index (κ3) is 1.90. The van der Waals surface area contributed by atoms with Gasteiger partial charge in [0.1, 0.15) is 12.0 Å². The summed E-state index contributed by atoms with van der Waals surface area (Å²) in [6, 6.07) is 11.6. The predicted octanol–water partition coefficient (Wildman–Crippen LogP) is 2.58. The summed E-state index contributed by atoms with van der Waals surface area (Å²) in [4.78, 5) is 0. The predicted molar refractivity (Wildman–Crippen MR) is 49.6 cm³/mol. The molecule has 66 valence electrons. The van der Waals surface area contributed by atoms with E-state index in [0.29, 0.717) is 0 Å². The van der Waals surface area contributed by atoms with E-state index in [1.807, 2.05) is 30.3 Å². The van der Waals surface area contributed by atoms with Crippen LogP contribution in [0.2, 0.25) is 0 Å². The lowest BCUT2D eigenvalue weighted by Crippen LogP contribution is -1.83. The van der Waals surface area contributed by atoms with Crippen molar-refractivity contribution >= 4 is 0 Å². The lowest BCUT2D eigenvalue weighted by atomic mass is 10.1. The van der Waals surface area contributed by atoms with E-state index in [-0.39, 0.29) is 5.75 Å². The van der Waals surface area contributed by atoms with Crippen LogP contribution < -0.4 is 0 Å². The molecule has 2 rings (SSSR count). The molecule has 13 heavy (non-hydrogen) atoms. The van der Waals surface area contributed by atoms with Gasteiger partial charge in [0, 0.05) is 12.5 Å². The van der Waals surface area contributed by atoms with Crippen molar-refractivity contribution < 1.29 is 9.52 Å². The van der Waals surface area contributed by atoms with E-state index in [0.717, 1.165) is 12.2 Å². The van der Waals surface area contributed by atoms with Crippen LogP contribution in [0, 0.1) is 0 Å². The summed E-state index contributed by atoms with van der Waals surface area (Å²) < 4.78 is 5.12. The van der Waals surface area contributed by atoms with Crippen molar-refractivity contribution in [2.75, 3.05) is 0 Å². The van der Waals surface area contributed by atoms with Crippen LogP contribution in [0.4, 0.5) is 0 Å². The van der Waals surface area contributed by atoms with Gasteiger partial charge in [-0.25, -0.2) is 0 Å². The van der Waals surface area contributed by atoms with Gasteiger partial charge in [0.05, 0.1) is 0 Å². The van der Waals surface area contributed by atoms with Crippen LogP contribution in [0.15, 0.2) is 47.1 Å². The summed E-state index contributed by atoms with van der Waals surface area (Å²) in [5.74, 6) is 0.967. The molecule has 1 aromatic carbocycles. The van der Waals surface area contributed by atoms with Crippen LogP contribution in [0.3, 0.4) is 0 Å². The second kappa shape index (κ2) is 3.35. The molecule has 2 aromatic rings. The van der Waals surface area contributed by atoms with Crippen molar-refractivity contribution in [2.45, 2.75) is 6.42 Å². The Balaban J connectivity index is 2.15. The SMILES string of the molecule is Oc1coc(Cc2ccccc2)c1. The normalized spacial score (nSPS) is 10.2. The molecule has 1 N–H and O–H groups in total. The Morgan fingerprint density at radius 1 is 1.15 bits per heavy atom. The number of furan rings is 1. The van der Waals surface area contributed by atoms with Crippen LogP contribution in [0.1, 0.15) is 11.3 Å². The minimum Gasteiger partial charge on any atom is -0.505 e. The van der Waals surface area contributed by atoms with E-state index in [9.17, 15) is 0 Å². The second-order valence-electron chi connectivity index (χ2n) is 2.93. The van der Waals surface area contributed by atoms with Crippen molar-refractivity contribution in [3.63, 3.8) is 0 Å². The van der Waals surface area contributed by atoms with Gasteiger partial charge in [-0.2, -0.15) is 0 Å². The van der Waals surface area contributed by atoms with Gasteiger partial charge in [-0.15, -0.1) is 0 Å². The maximum atomic E-state index is 9.04. The highest BCUT2D eigenvalue weighted by molar-refractivity contribution is 5.24. The van der Waals surface area contributed by atoms with Gasteiger partial charge >= 0.3 is 0 Å². The van der Waals surface area contributed by atoms with Crippen LogP contribution >= 0.6 is 0 Å². The largest absolute Gasteiger partial charge is 0.505 e. The summed E-state index contributed by atoms with van der Waals surface area (Å²) in [6.07, 6.45) is 2.07. The molecule has 0 atom stereocenters. The first-order valence-corrected chi connectivity index (χ1v) is 4.15. The Bertz CT molecular complexity index is 376. The average molecular weight is 174 g/mol. The maximum absolute atomic E-state index is 9.04. The highest BCUT2D eigenvalue weighted by atomic mass is 16.4. The Hall–Kier alpha value is -1.70. The van der Waals surface area contributed by atoms with Gasteiger partial charge in [0.2, 0.25) is 0 Å². The maximum Gasteiger partial charge on any atom is 0.154 e. The molecule has 2 heteroatoms. The zero-order valence-electron chi connectivity index (χ0n) is 7.10. The molecule has 0 fully saturated rings. The Morgan fingerprint density at radius 2 is 1.92 bits per heavy atom. The second-order valence-corrected chi connectivity index (χ2v) is 2.93. The van der Waals surface area contributed by atoms with Crippen molar-refractivity contribution in [1.82, 2.24) is 0 Å². The molecular formula is C11H10O2. The van der Waals surface area contributed by atoms with Gasteiger partial charge in [-0.1, -0.05) is 30.3 Å². The molecule has 1 aromatic heterocycles. The van der Waals surface area contributed by atoms with E-state index < -0.39 is 0 Å². The summed E-state index contributed by atoms with van der Waals surface area (Å²) in [7, 11) is 0. The number of hydrogen-bond donors (Lipinski definition) is 1. The van der Waals surface area contributed by atoms with Crippen molar-refractivity contribution in [3.8, 4) is 5.75 Å². The fourth-order valence-corrected chi connectivity index (χ4v) is 1.26. The molecule has 0 spiro atoms. The average Bonchev–Trinajstić information content (AvgIpc) is 2.53. The van der Waals surface area contributed by atoms with Gasteiger partial charge in [-0.05, 0) is 5.56 Å². The molecule has 0 aliphatic heterocycles. The van der Waals surface area contributed by atoms with Crippen molar-refractivity contribution in [1.29, 1.82) is 0 Å². The van der Waals surface area contributed by atoms with Crippen LogP contribution in [0.25, 0.3) is 0 Å². The fourth-order valence-electron chi connectivity index (χ4n) is 1.26. The van der Waals surface area contributed by atoms with Crippen LogP contribution in [0.5, 0.6) is 5.75 Å². The molecule has 0 aliphatic rings. The molecule has 0 unspecified atom stereocenters. The van der Waals surface area contributed by atoms with E-state index in [1.165, 1.54) is 11.8 Å². The van der Waals surface area contributed by atoms with Crippen LogP contribution in [-0.2, 0) is 6.42 Å². The quantitative estimate of drug-likeness (QED) is 0.759. The highest BCUT2D eigenvalue weighted by Gasteiger charge is 2.00. The Kier molecular flexibility index (Phi) is 2.04. The molecule has 0 amide bonds. The molecule has 2 nitrogen and oxygen atoms in total. The number of benzene rings is 1. The number of rotatable bonds is 2. The third-order valence-corrected chi connectivity index (χ3v) is 1.86. The molecule has 0 aliphatic carbocycles. The number of hydrogen-bond acceptors (Lipinski definition) is 2. The highest BCUT2D eigenvalue weighted by Crippen LogP contribution is 2.16. The zero-order chi connectivity index (χ0) is 9.10. The first-order chi connectivity index (χ1) is 6.34. The third-order valence-electron chi connectivity index (χ3n) is 1.86. The van der Waals surface area contributed by atoms with Crippen LogP contribution in [-0.4, -0.2) is 5.11 Å². The molecule has 0 saturated carbocycles. The Labute approximate surface area is 76.4 Å². The fraction of sp³-hybridized carbons (Fsp3) is 0.0909. The molecule has 0 bridgehead atoms. The van der Waals surface area contributed by atoms with Gasteiger partial charge in [0.15, 0.2) is 5.75 Å². The summed E-state index contributed by atoms with van der Waals surface area (Å²) in [5, 5.41) is 9.04. The smallest absolute Gasteiger partial charge is 0.154 e. The van der Waals surface area contributed by atoms with Gasteiger partial charge in [-0.3, -0.25) is 0 Å². The summed E-state index contributed by atoms with van der Waals surface area (Å²) >= 11 is 0. The lowest BCUT2D eigenvalue weighted by Gasteiger charge is -1.95. The first kappa shape index (κ1) is 7.92. The Morgan fingerprint density at radius 3 is 2.54 bits per heavy atom. The topological polar surface area (TPSA) is 33.4 Å². The minimum absolute atomic E-state index is 0.186. The van der Waals surface area contributed by atoms with E-state index >= 15 is 0 Å². The summed E-state index contributed by atoms with van der Waals surface area (Å²) in [5.41, 5.74) is 1.18. The molecule has 1 heterocycles. The molecule has 0 radical (unpaired) electrons. The van der Waals surface area contributed by atoms with E-state index in [2.05, 4.69) is 0 Å². The van der Waals surface area contributed by atoms with Crippen molar-refractivity contribution in [2.24, 2.45) is 0 Å². The zero-order valence-corrected chi connectivity index (χ0v) is 7.10. The van der Waals surface area contributed by atoms with Gasteiger partial charge in [0.25, 0.3) is 0 Å².